The number of carbonyl (C=O) groups is 1. The normalized spacial score (nSPS) is 18.3. The van der Waals surface area contributed by atoms with E-state index < -0.39 is 0 Å². The molecule has 3 rings (SSSR count). The van der Waals surface area contributed by atoms with Gasteiger partial charge in [-0.2, -0.15) is 0 Å². The van der Waals surface area contributed by atoms with E-state index in [4.69, 9.17) is 4.74 Å². The number of thioether (sulfide) groups is 1. The summed E-state index contributed by atoms with van der Waals surface area (Å²) in [6.45, 7) is 4.66. The molecule has 4 nitrogen and oxygen atoms in total. The Morgan fingerprint density at radius 3 is 3.00 bits per heavy atom. The molecule has 0 N–H and O–H groups in total. The Hall–Kier alpha value is -1.75. The van der Waals surface area contributed by atoms with Crippen molar-refractivity contribution in [2.45, 2.75) is 30.7 Å². The standard InChI is InChI=1S/C15H16N2O2S/c1-10-3-4-11(2)12(9-10)17-7-6-16-15(17)20-13-5-8-19-14(13)18/h3-4,6-7,9,13H,5,8H2,1-2H3/t13-/m0/s1. The summed E-state index contributed by atoms with van der Waals surface area (Å²) < 4.78 is 7.05. The van der Waals surface area contributed by atoms with Crippen molar-refractivity contribution in [1.29, 1.82) is 0 Å². The molecule has 0 spiro atoms. The number of rotatable bonds is 3. The summed E-state index contributed by atoms with van der Waals surface area (Å²) in [5, 5.41) is 0.698. The molecule has 0 unspecified atom stereocenters. The Morgan fingerprint density at radius 1 is 1.40 bits per heavy atom. The van der Waals surface area contributed by atoms with Crippen LogP contribution in [0.4, 0.5) is 0 Å². The minimum absolute atomic E-state index is 0.134. The number of nitrogens with zero attached hydrogens (tertiary/aromatic N) is 2. The van der Waals surface area contributed by atoms with Crippen LogP contribution in [0.15, 0.2) is 35.7 Å². The first-order chi connectivity index (χ1) is 9.65. The topological polar surface area (TPSA) is 44.1 Å². The second kappa shape index (κ2) is 5.32. The molecule has 104 valence electrons. The van der Waals surface area contributed by atoms with E-state index in [1.165, 1.54) is 22.9 Å². The number of esters is 1. The van der Waals surface area contributed by atoms with E-state index in [2.05, 4.69) is 37.0 Å². The van der Waals surface area contributed by atoms with Crippen molar-refractivity contribution in [3.05, 3.63) is 41.7 Å². The lowest BCUT2D eigenvalue weighted by Gasteiger charge is -2.12. The van der Waals surface area contributed by atoms with E-state index in [-0.39, 0.29) is 11.2 Å². The number of hydrogen-bond donors (Lipinski definition) is 0. The van der Waals surface area contributed by atoms with Gasteiger partial charge in [-0.05, 0) is 31.0 Å². The average Bonchev–Trinajstić information content (AvgIpc) is 3.03. The van der Waals surface area contributed by atoms with Crippen LogP contribution in [0.1, 0.15) is 17.5 Å². The highest BCUT2D eigenvalue weighted by atomic mass is 32.2. The third-order valence-electron chi connectivity index (χ3n) is 3.37. The van der Waals surface area contributed by atoms with E-state index in [1.807, 2.05) is 10.8 Å². The molecular weight excluding hydrogens is 272 g/mol. The van der Waals surface area contributed by atoms with Gasteiger partial charge in [0.1, 0.15) is 5.25 Å². The lowest BCUT2D eigenvalue weighted by atomic mass is 10.1. The van der Waals surface area contributed by atoms with Gasteiger partial charge in [0.25, 0.3) is 0 Å². The van der Waals surface area contributed by atoms with E-state index in [1.54, 1.807) is 6.20 Å². The first kappa shape index (κ1) is 13.2. The lowest BCUT2D eigenvalue weighted by molar-refractivity contribution is -0.137. The molecule has 0 bridgehead atoms. The van der Waals surface area contributed by atoms with Crippen LogP contribution in [0.5, 0.6) is 0 Å². The van der Waals surface area contributed by atoms with Gasteiger partial charge in [0.15, 0.2) is 5.16 Å². The van der Waals surface area contributed by atoms with Gasteiger partial charge in [-0.15, -0.1) is 0 Å². The number of aryl methyl sites for hydroxylation is 2. The molecule has 2 heterocycles. The SMILES string of the molecule is Cc1ccc(C)c(-n2ccnc2S[C@H]2CCOC2=O)c1. The monoisotopic (exact) mass is 288 g/mol. The first-order valence-corrected chi connectivity index (χ1v) is 7.47. The summed E-state index contributed by atoms with van der Waals surface area (Å²) in [6.07, 6.45) is 4.46. The van der Waals surface area contributed by atoms with Gasteiger partial charge < -0.3 is 4.74 Å². The van der Waals surface area contributed by atoms with Crippen molar-refractivity contribution in [1.82, 2.24) is 9.55 Å². The van der Waals surface area contributed by atoms with Crippen LogP contribution in [0.3, 0.4) is 0 Å². The molecule has 1 fully saturated rings. The van der Waals surface area contributed by atoms with E-state index in [9.17, 15) is 4.79 Å². The summed E-state index contributed by atoms with van der Waals surface area (Å²) in [5.41, 5.74) is 3.50. The molecule has 1 aromatic heterocycles. The van der Waals surface area contributed by atoms with Gasteiger partial charge in [0.2, 0.25) is 0 Å². The van der Waals surface area contributed by atoms with Crippen molar-refractivity contribution >= 4 is 17.7 Å². The zero-order chi connectivity index (χ0) is 14.1. The van der Waals surface area contributed by atoms with Crippen molar-refractivity contribution in [3.63, 3.8) is 0 Å². The van der Waals surface area contributed by atoms with Crippen molar-refractivity contribution in [2.75, 3.05) is 6.61 Å². The summed E-state index contributed by atoms with van der Waals surface area (Å²) in [7, 11) is 0. The molecule has 1 aliphatic heterocycles. The van der Waals surface area contributed by atoms with Crippen LogP contribution in [0.2, 0.25) is 0 Å². The second-order valence-corrected chi connectivity index (χ2v) is 6.10. The molecule has 0 aliphatic carbocycles. The van der Waals surface area contributed by atoms with Gasteiger partial charge in [0, 0.05) is 18.8 Å². The number of imidazole rings is 1. The number of ether oxygens (including phenoxy) is 1. The second-order valence-electron chi connectivity index (χ2n) is 4.93. The van der Waals surface area contributed by atoms with E-state index >= 15 is 0 Å². The predicted octanol–water partition coefficient (Wildman–Crippen LogP) is 2.90. The average molecular weight is 288 g/mol. The number of carbonyl (C=O) groups excluding carboxylic acids is 1. The summed E-state index contributed by atoms with van der Waals surface area (Å²) in [6, 6.07) is 6.33. The third kappa shape index (κ3) is 2.45. The fourth-order valence-corrected chi connectivity index (χ4v) is 3.28. The van der Waals surface area contributed by atoms with Gasteiger partial charge in [-0.1, -0.05) is 23.9 Å². The maximum absolute atomic E-state index is 11.6. The van der Waals surface area contributed by atoms with Gasteiger partial charge in [-0.3, -0.25) is 9.36 Å². The number of hydrogen-bond acceptors (Lipinski definition) is 4. The lowest BCUT2D eigenvalue weighted by Crippen LogP contribution is -2.11. The Bertz CT molecular complexity index is 651. The number of cyclic esters (lactones) is 1. The Morgan fingerprint density at radius 2 is 2.25 bits per heavy atom. The number of aromatic nitrogens is 2. The quantitative estimate of drug-likeness (QED) is 0.815. The zero-order valence-corrected chi connectivity index (χ0v) is 12.3. The highest BCUT2D eigenvalue weighted by Gasteiger charge is 2.29. The van der Waals surface area contributed by atoms with Crippen LogP contribution in [0, 0.1) is 13.8 Å². The van der Waals surface area contributed by atoms with Crippen LogP contribution in [-0.4, -0.2) is 27.4 Å². The van der Waals surface area contributed by atoms with Gasteiger partial charge in [0.05, 0.1) is 12.3 Å². The van der Waals surface area contributed by atoms with Crippen LogP contribution in [0.25, 0.3) is 5.69 Å². The van der Waals surface area contributed by atoms with Gasteiger partial charge in [-0.25, -0.2) is 4.98 Å². The van der Waals surface area contributed by atoms with E-state index in [0.717, 1.165) is 17.3 Å². The third-order valence-corrected chi connectivity index (χ3v) is 4.59. The maximum atomic E-state index is 11.6. The maximum Gasteiger partial charge on any atom is 0.319 e. The highest BCUT2D eigenvalue weighted by Crippen LogP contribution is 2.30. The fourth-order valence-electron chi connectivity index (χ4n) is 2.25. The molecule has 1 saturated heterocycles. The molecule has 2 aromatic rings. The van der Waals surface area contributed by atoms with Crippen LogP contribution < -0.4 is 0 Å². The molecule has 20 heavy (non-hydrogen) atoms. The summed E-state index contributed by atoms with van der Waals surface area (Å²) >= 11 is 1.48. The molecule has 1 aliphatic rings. The largest absolute Gasteiger partial charge is 0.465 e. The Labute approximate surface area is 122 Å². The summed E-state index contributed by atoms with van der Waals surface area (Å²) in [5.74, 6) is -0.134. The van der Waals surface area contributed by atoms with E-state index in [0.29, 0.717) is 6.61 Å². The van der Waals surface area contributed by atoms with Crippen LogP contribution >= 0.6 is 11.8 Å². The molecule has 0 radical (unpaired) electrons. The van der Waals surface area contributed by atoms with Crippen LogP contribution in [-0.2, 0) is 9.53 Å². The minimum atomic E-state index is -0.138. The van der Waals surface area contributed by atoms with Gasteiger partial charge >= 0.3 is 5.97 Å². The van der Waals surface area contributed by atoms with Crippen molar-refractivity contribution in [2.24, 2.45) is 0 Å². The molecule has 1 atom stereocenters. The Balaban J connectivity index is 1.93. The summed E-state index contributed by atoms with van der Waals surface area (Å²) in [4.78, 5) is 16.0. The Kier molecular flexibility index (Phi) is 3.53. The zero-order valence-electron chi connectivity index (χ0n) is 11.5. The van der Waals surface area contributed by atoms with Crippen molar-refractivity contribution < 1.29 is 9.53 Å². The molecule has 0 saturated carbocycles. The molecule has 0 amide bonds. The predicted molar refractivity (Wildman–Crippen MR) is 78.3 cm³/mol. The minimum Gasteiger partial charge on any atom is -0.465 e. The highest BCUT2D eigenvalue weighted by molar-refractivity contribution is 8.00. The molecule has 1 aromatic carbocycles. The first-order valence-electron chi connectivity index (χ1n) is 6.59. The smallest absolute Gasteiger partial charge is 0.319 e. The number of benzene rings is 1. The molecular formula is C15H16N2O2S. The van der Waals surface area contributed by atoms with Crippen molar-refractivity contribution in [3.8, 4) is 5.69 Å². The fraction of sp³-hybridized carbons (Fsp3) is 0.333. The molecule has 5 heteroatoms.